The molecule has 0 aliphatic rings. The van der Waals surface area contributed by atoms with Gasteiger partial charge >= 0.3 is 0 Å². The first kappa shape index (κ1) is 19.8. The van der Waals surface area contributed by atoms with Crippen LogP contribution in [-0.4, -0.2) is 10.2 Å². The lowest BCUT2D eigenvalue weighted by molar-refractivity contribution is 0.461. The molecule has 0 aliphatic heterocycles. The predicted molar refractivity (Wildman–Crippen MR) is 110 cm³/mol. The molecule has 0 atom stereocenters. The van der Waals surface area contributed by atoms with E-state index in [1.807, 2.05) is 26.0 Å². The van der Waals surface area contributed by atoms with Crippen LogP contribution in [0.4, 0.5) is 0 Å². The maximum atomic E-state index is 10.4. The van der Waals surface area contributed by atoms with E-state index in [-0.39, 0.29) is 5.41 Å². The van der Waals surface area contributed by atoms with Crippen LogP contribution < -0.4 is 0 Å². The number of aromatic hydroxyl groups is 2. The molecule has 0 aliphatic carbocycles. The van der Waals surface area contributed by atoms with E-state index in [4.69, 9.17) is 0 Å². The Bertz CT molecular complexity index is 765. The molecule has 0 aromatic heterocycles. The van der Waals surface area contributed by atoms with Crippen molar-refractivity contribution in [1.82, 2.24) is 0 Å². The summed E-state index contributed by atoms with van der Waals surface area (Å²) in [5.74, 6) is 0.697. The van der Waals surface area contributed by atoms with E-state index in [0.717, 1.165) is 28.7 Å². The number of rotatable bonds is 7. The minimum atomic E-state index is -0.219. The predicted octanol–water partition coefficient (Wildman–Crippen LogP) is 5.89. The molecule has 2 aromatic rings. The Hall–Kier alpha value is -2.48. The van der Waals surface area contributed by atoms with Crippen LogP contribution in [0, 0.1) is 13.8 Å². The molecule has 2 rings (SSSR count). The summed E-state index contributed by atoms with van der Waals surface area (Å²) in [6.45, 7) is 15.9. The van der Waals surface area contributed by atoms with Gasteiger partial charge in [0.25, 0.3) is 0 Å². The van der Waals surface area contributed by atoms with Crippen molar-refractivity contribution < 1.29 is 10.2 Å². The minimum absolute atomic E-state index is 0.219. The Balaban J connectivity index is 2.69. The summed E-state index contributed by atoms with van der Waals surface area (Å²) in [6, 6.07) is 8.31. The molecule has 0 unspecified atom stereocenters. The molecular formula is C24H30O2. The minimum Gasteiger partial charge on any atom is -0.507 e. The molecule has 0 saturated carbocycles. The zero-order valence-corrected chi connectivity index (χ0v) is 16.4. The quantitative estimate of drug-likeness (QED) is 0.611. The highest BCUT2D eigenvalue weighted by Crippen LogP contribution is 2.40. The summed E-state index contributed by atoms with van der Waals surface area (Å²) < 4.78 is 0. The van der Waals surface area contributed by atoms with Crippen LogP contribution in [0.5, 0.6) is 11.5 Å². The van der Waals surface area contributed by atoms with Gasteiger partial charge in [-0.1, -0.05) is 50.3 Å². The van der Waals surface area contributed by atoms with Crippen LogP contribution >= 0.6 is 0 Å². The summed E-state index contributed by atoms with van der Waals surface area (Å²) in [4.78, 5) is 0. The molecular weight excluding hydrogens is 320 g/mol. The van der Waals surface area contributed by atoms with Crippen molar-refractivity contribution in [2.45, 2.75) is 52.4 Å². The summed E-state index contributed by atoms with van der Waals surface area (Å²) in [6.07, 6.45) is 5.80. The number of phenolic OH excluding ortho intramolecular Hbond substituents is 2. The van der Waals surface area contributed by atoms with E-state index < -0.39 is 0 Å². The lowest BCUT2D eigenvalue weighted by atomic mass is 9.72. The van der Waals surface area contributed by atoms with Gasteiger partial charge in [0.05, 0.1) is 0 Å². The zero-order chi connectivity index (χ0) is 19.5. The standard InChI is InChI=1S/C24H30O2/c1-7-10-18-14-20(12-16(4)22(18)25)24(6,9-3)21-13-17(5)23(26)19(15-21)11-8-2/h7-8,12-15,25-26H,1-2,9-11H2,3-6H3. The van der Waals surface area contributed by atoms with E-state index in [9.17, 15) is 10.2 Å². The second-order valence-corrected chi connectivity index (χ2v) is 7.27. The third-order valence-electron chi connectivity index (χ3n) is 5.47. The van der Waals surface area contributed by atoms with Crippen molar-refractivity contribution in [3.8, 4) is 11.5 Å². The second kappa shape index (κ2) is 7.82. The monoisotopic (exact) mass is 350 g/mol. The number of benzene rings is 2. The van der Waals surface area contributed by atoms with Gasteiger partial charge in [-0.25, -0.2) is 0 Å². The molecule has 0 heterocycles. The van der Waals surface area contributed by atoms with Crippen molar-refractivity contribution in [3.05, 3.63) is 83.0 Å². The van der Waals surface area contributed by atoms with Crippen molar-refractivity contribution >= 4 is 0 Å². The van der Waals surface area contributed by atoms with Crippen molar-refractivity contribution in [1.29, 1.82) is 0 Å². The van der Waals surface area contributed by atoms with Crippen molar-refractivity contribution in [3.63, 3.8) is 0 Å². The van der Waals surface area contributed by atoms with Crippen LogP contribution in [0.2, 0.25) is 0 Å². The Morgan fingerprint density at radius 2 is 1.23 bits per heavy atom. The van der Waals surface area contributed by atoms with Crippen LogP contribution in [-0.2, 0) is 18.3 Å². The van der Waals surface area contributed by atoms with Gasteiger partial charge in [0, 0.05) is 5.41 Å². The first-order chi connectivity index (χ1) is 12.3. The van der Waals surface area contributed by atoms with Gasteiger partial charge in [0.2, 0.25) is 0 Å². The zero-order valence-electron chi connectivity index (χ0n) is 16.4. The number of hydrogen-bond donors (Lipinski definition) is 2. The van der Waals surface area contributed by atoms with Crippen LogP contribution in [0.15, 0.2) is 49.6 Å². The molecule has 0 fully saturated rings. The summed E-state index contributed by atoms with van der Waals surface area (Å²) in [5, 5.41) is 20.7. The average Bonchev–Trinajstić information content (AvgIpc) is 2.62. The summed E-state index contributed by atoms with van der Waals surface area (Å²) in [5.41, 5.74) is 5.67. The lowest BCUT2D eigenvalue weighted by Gasteiger charge is -2.32. The number of aryl methyl sites for hydroxylation is 2. The highest BCUT2D eigenvalue weighted by molar-refractivity contribution is 5.52. The summed E-state index contributed by atoms with van der Waals surface area (Å²) in [7, 11) is 0. The Labute approximate surface area is 157 Å². The fourth-order valence-electron chi connectivity index (χ4n) is 3.54. The molecule has 0 saturated heterocycles. The number of allylic oxidation sites excluding steroid dienone is 2. The SMILES string of the molecule is C=CCc1cc(C(C)(CC)c2cc(C)c(O)c(CC=C)c2)cc(C)c1O. The van der Waals surface area contributed by atoms with E-state index in [2.05, 4.69) is 51.3 Å². The van der Waals surface area contributed by atoms with Gasteiger partial charge in [-0.2, -0.15) is 0 Å². The van der Waals surface area contributed by atoms with E-state index >= 15 is 0 Å². The van der Waals surface area contributed by atoms with Crippen molar-refractivity contribution in [2.75, 3.05) is 0 Å². The van der Waals surface area contributed by atoms with Crippen LogP contribution in [0.25, 0.3) is 0 Å². The Kier molecular flexibility index (Phi) is 5.97. The smallest absolute Gasteiger partial charge is 0.122 e. The second-order valence-electron chi connectivity index (χ2n) is 7.27. The van der Waals surface area contributed by atoms with Gasteiger partial charge in [-0.15, -0.1) is 13.2 Å². The van der Waals surface area contributed by atoms with Gasteiger partial charge in [0.15, 0.2) is 0 Å². The fourth-order valence-corrected chi connectivity index (χ4v) is 3.54. The van der Waals surface area contributed by atoms with Gasteiger partial charge in [-0.3, -0.25) is 0 Å². The Morgan fingerprint density at radius 1 is 0.846 bits per heavy atom. The lowest BCUT2D eigenvalue weighted by Crippen LogP contribution is -2.23. The highest BCUT2D eigenvalue weighted by atomic mass is 16.3. The molecule has 26 heavy (non-hydrogen) atoms. The largest absolute Gasteiger partial charge is 0.507 e. The third-order valence-corrected chi connectivity index (χ3v) is 5.47. The third kappa shape index (κ3) is 3.55. The molecule has 2 N–H and O–H groups in total. The topological polar surface area (TPSA) is 40.5 Å². The van der Waals surface area contributed by atoms with Crippen molar-refractivity contribution in [2.24, 2.45) is 0 Å². The van der Waals surface area contributed by atoms with E-state index in [1.54, 1.807) is 0 Å². The van der Waals surface area contributed by atoms with Crippen LogP contribution in [0.3, 0.4) is 0 Å². The number of hydrogen-bond acceptors (Lipinski definition) is 2. The first-order valence-electron chi connectivity index (χ1n) is 9.16. The molecule has 0 bridgehead atoms. The molecule has 0 amide bonds. The number of phenols is 2. The van der Waals surface area contributed by atoms with Gasteiger partial charge < -0.3 is 10.2 Å². The average molecular weight is 351 g/mol. The molecule has 2 nitrogen and oxygen atoms in total. The Morgan fingerprint density at radius 3 is 1.54 bits per heavy atom. The highest BCUT2D eigenvalue weighted by Gasteiger charge is 2.29. The van der Waals surface area contributed by atoms with Crippen LogP contribution in [0.1, 0.15) is 53.6 Å². The van der Waals surface area contributed by atoms with Gasteiger partial charge in [0.1, 0.15) is 11.5 Å². The van der Waals surface area contributed by atoms with E-state index in [0.29, 0.717) is 24.3 Å². The first-order valence-corrected chi connectivity index (χ1v) is 9.16. The maximum absolute atomic E-state index is 10.4. The molecule has 2 heteroatoms. The maximum Gasteiger partial charge on any atom is 0.122 e. The molecule has 138 valence electrons. The molecule has 0 spiro atoms. The summed E-state index contributed by atoms with van der Waals surface area (Å²) >= 11 is 0. The normalized spacial score (nSPS) is 11.4. The van der Waals surface area contributed by atoms with Gasteiger partial charge in [-0.05, 0) is 66.5 Å². The van der Waals surface area contributed by atoms with E-state index in [1.165, 1.54) is 11.1 Å². The molecule has 0 radical (unpaired) electrons. The fraction of sp³-hybridized carbons (Fsp3) is 0.333. The molecule has 2 aromatic carbocycles.